The largest absolute Gasteiger partial charge is 0.463 e. The third kappa shape index (κ3) is 4.11. The second kappa shape index (κ2) is 8.83. The lowest BCUT2D eigenvalue weighted by Crippen LogP contribution is -2.39. The highest BCUT2D eigenvalue weighted by molar-refractivity contribution is 7.07. The number of rotatable bonds is 4. The minimum Gasteiger partial charge on any atom is -0.463 e. The fourth-order valence-electron chi connectivity index (χ4n) is 3.49. The lowest BCUT2D eigenvalue weighted by molar-refractivity contribution is -0.139. The molecule has 0 saturated heterocycles. The van der Waals surface area contributed by atoms with Crippen LogP contribution in [0.2, 0.25) is 10.0 Å². The first-order chi connectivity index (χ1) is 14.9. The van der Waals surface area contributed by atoms with Crippen molar-refractivity contribution in [1.29, 1.82) is 0 Å². The van der Waals surface area contributed by atoms with E-state index in [0.29, 0.717) is 30.6 Å². The van der Waals surface area contributed by atoms with Gasteiger partial charge in [-0.15, -0.1) is 0 Å². The van der Waals surface area contributed by atoms with Gasteiger partial charge in [0, 0.05) is 10.0 Å². The summed E-state index contributed by atoms with van der Waals surface area (Å²) in [6.45, 7) is 3.71. The van der Waals surface area contributed by atoms with E-state index in [1.54, 1.807) is 50.3 Å². The number of carbonyl (C=O) groups excluding carboxylic acids is 1. The number of hydrogen-bond acceptors (Lipinski definition) is 5. The quantitative estimate of drug-likeness (QED) is 0.536. The van der Waals surface area contributed by atoms with Crippen LogP contribution in [-0.4, -0.2) is 17.1 Å². The predicted molar refractivity (Wildman–Crippen MR) is 123 cm³/mol. The summed E-state index contributed by atoms with van der Waals surface area (Å²) in [5.74, 6) is -0.496. The highest BCUT2D eigenvalue weighted by Gasteiger charge is 2.33. The summed E-state index contributed by atoms with van der Waals surface area (Å²) in [5.41, 5.74) is 2.08. The molecule has 1 atom stereocenters. The molecule has 0 aliphatic carbocycles. The summed E-state index contributed by atoms with van der Waals surface area (Å²) in [6.07, 6.45) is 1.74. The number of carbonyl (C=O) groups is 1. The Kier molecular flexibility index (Phi) is 6.14. The molecule has 2 aromatic carbocycles. The van der Waals surface area contributed by atoms with E-state index in [1.807, 2.05) is 18.2 Å². The Labute approximate surface area is 192 Å². The predicted octanol–water partition coefficient (Wildman–Crippen LogP) is 4.11. The van der Waals surface area contributed by atoms with Gasteiger partial charge in [-0.25, -0.2) is 9.79 Å². The van der Waals surface area contributed by atoms with Gasteiger partial charge in [0.15, 0.2) is 4.80 Å². The van der Waals surface area contributed by atoms with E-state index in [9.17, 15) is 9.59 Å². The second-order valence-corrected chi connectivity index (χ2v) is 8.73. The van der Waals surface area contributed by atoms with Crippen molar-refractivity contribution in [3.8, 4) is 0 Å². The van der Waals surface area contributed by atoms with Gasteiger partial charge in [-0.1, -0.05) is 64.9 Å². The Morgan fingerprint density at radius 1 is 1.19 bits per heavy atom. The lowest BCUT2D eigenvalue weighted by Gasteiger charge is -2.24. The molecule has 0 spiro atoms. The normalized spacial score (nSPS) is 16.1. The highest BCUT2D eigenvalue weighted by Crippen LogP contribution is 2.31. The number of esters is 1. The molecular formula is C23H18Cl2N2O3S. The van der Waals surface area contributed by atoms with Gasteiger partial charge in [0.2, 0.25) is 0 Å². The molecule has 0 radical (unpaired) electrons. The molecule has 4 rings (SSSR count). The van der Waals surface area contributed by atoms with Crippen LogP contribution in [0.1, 0.15) is 31.0 Å². The molecule has 0 saturated carbocycles. The Hall–Kier alpha value is -2.67. The van der Waals surface area contributed by atoms with E-state index in [4.69, 9.17) is 27.9 Å². The van der Waals surface area contributed by atoms with Gasteiger partial charge < -0.3 is 4.74 Å². The fraction of sp³-hybridized carbons (Fsp3) is 0.174. The number of ether oxygens (including phenoxy) is 1. The van der Waals surface area contributed by atoms with Crippen molar-refractivity contribution in [2.75, 3.05) is 6.61 Å². The molecule has 0 bridgehead atoms. The Morgan fingerprint density at radius 2 is 1.90 bits per heavy atom. The maximum atomic E-state index is 13.5. The zero-order chi connectivity index (χ0) is 22.1. The van der Waals surface area contributed by atoms with Gasteiger partial charge in [0.1, 0.15) is 0 Å². The smallest absolute Gasteiger partial charge is 0.338 e. The molecule has 1 aliphatic heterocycles. The zero-order valence-corrected chi connectivity index (χ0v) is 19.1. The summed E-state index contributed by atoms with van der Waals surface area (Å²) in [5, 5.41) is 1.11. The maximum absolute atomic E-state index is 13.5. The number of benzene rings is 2. The number of thiazole rings is 1. The number of halogens is 2. The molecule has 1 aromatic heterocycles. The second-order valence-electron chi connectivity index (χ2n) is 6.88. The summed E-state index contributed by atoms with van der Waals surface area (Å²) < 4.78 is 7.29. The van der Waals surface area contributed by atoms with Crippen LogP contribution in [0.15, 0.2) is 69.6 Å². The van der Waals surface area contributed by atoms with E-state index in [1.165, 1.54) is 15.9 Å². The van der Waals surface area contributed by atoms with Crippen LogP contribution >= 0.6 is 34.5 Å². The van der Waals surface area contributed by atoms with Crippen LogP contribution in [-0.2, 0) is 9.53 Å². The van der Waals surface area contributed by atoms with Crippen LogP contribution in [0.4, 0.5) is 0 Å². The molecule has 2 heterocycles. The fourth-order valence-corrected chi connectivity index (χ4v) is 4.84. The van der Waals surface area contributed by atoms with Crippen LogP contribution in [0.3, 0.4) is 0 Å². The topological polar surface area (TPSA) is 60.7 Å². The maximum Gasteiger partial charge on any atom is 0.338 e. The van der Waals surface area contributed by atoms with Gasteiger partial charge in [-0.2, -0.15) is 0 Å². The summed E-state index contributed by atoms with van der Waals surface area (Å²) in [6, 6.07) is 13.7. The molecule has 1 aliphatic rings. The van der Waals surface area contributed by atoms with E-state index >= 15 is 0 Å². The minimum absolute atomic E-state index is 0.222. The van der Waals surface area contributed by atoms with Gasteiger partial charge >= 0.3 is 5.97 Å². The summed E-state index contributed by atoms with van der Waals surface area (Å²) >= 11 is 13.6. The molecule has 0 fully saturated rings. The first-order valence-corrected chi connectivity index (χ1v) is 11.2. The average molecular weight is 473 g/mol. The lowest BCUT2D eigenvalue weighted by atomic mass is 9.96. The molecule has 0 N–H and O–H groups in total. The number of nitrogens with zero attached hydrogens (tertiary/aromatic N) is 2. The molecule has 0 amide bonds. The van der Waals surface area contributed by atoms with Gasteiger partial charge in [-0.05, 0) is 49.2 Å². The van der Waals surface area contributed by atoms with E-state index in [-0.39, 0.29) is 12.2 Å². The molecule has 158 valence electrons. The highest BCUT2D eigenvalue weighted by atomic mass is 35.5. The first-order valence-electron chi connectivity index (χ1n) is 9.60. The van der Waals surface area contributed by atoms with Gasteiger partial charge in [0.05, 0.1) is 28.5 Å². The van der Waals surface area contributed by atoms with Crippen molar-refractivity contribution in [2.24, 2.45) is 4.99 Å². The van der Waals surface area contributed by atoms with Crippen molar-refractivity contribution >= 4 is 46.6 Å². The van der Waals surface area contributed by atoms with Crippen molar-refractivity contribution < 1.29 is 9.53 Å². The third-order valence-electron chi connectivity index (χ3n) is 4.89. The summed E-state index contributed by atoms with van der Waals surface area (Å²) in [7, 11) is 0. The molecule has 8 heteroatoms. The molecule has 0 unspecified atom stereocenters. The Morgan fingerprint density at radius 3 is 2.58 bits per heavy atom. The minimum atomic E-state index is -0.666. The molecule has 5 nitrogen and oxygen atoms in total. The van der Waals surface area contributed by atoms with E-state index < -0.39 is 12.0 Å². The van der Waals surface area contributed by atoms with Crippen molar-refractivity contribution in [3.63, 3.8) is 0 Å². The standard InChI is InChI=1S/C23H18Cl2N2O3S/c1-3-30-22(29)19-13(2)26-23-27(20(19)14-8-10-16(24)11-9-14)21(28)18(31-23)12-15-6-4-5-7-17(15)25/h4-12,20H,3H2,1-2H3/b18-12+/t20-/m0/s1. The molecule has 31 heavy (non-hydrogen) atoms. The van der Waals surface area contributed by atoms with Gasteiger partial charge in [0.25, 0.3) is 5.56 Å². The van der Waals surface area contributed by atoms with Crippen molar-refractivity contribution in [2.45, 2.75) is 19.9 Å². The van der Waals surface area contributed by atoms with Gasteiger partial charge in [-0.3, -0.25) is 9.36 Å². The monoisotopic (exact) mass is 472 g/mol. The zero-order valence-electron chi connectivity index (χ0n) is 16.8. The van der Waals surface area contributed by atoms with Crippen LogP contribution < -0.4 is 14.9 Å². The van der Waals surface area contributed by atoms with Crippen LogP contribution in [0, 0.1) is 0 Å². The number of allylic oxidation sites excluding steroid dienone is 1. The van der Waals surface area contributed by atoms with Crippen molar-refractivity contribution in [1.82, 2.24) is 4.57 Å². The average Bonchev–Trinajstić information content (AvgIpc) is 3.04. The summed E-state index contributed by atoms with van der Waals surface area (Å²) in [4.78, 5) is 31.3. The van der Waals surface area contributed by atoms with Crippen LogP contribution in [0.5, 0.6) is 0 Å². The molecule has 3 aromatic rings. The first kappa shape index (κ1) is 21.6. The van der Waals surface area contributed by atoms with E-state index in [0.717, 1.165) is 11.1 Å². The third-order valence-corrected chi connectivity index (χ3v) is 6.47. The van der Waals surface area contributed by atoms with Crippen molar-refractivity contribution in [3.05, 3.63) is 101 Å². The Balaban J connectivity index is 1.97. The van der Waals surface area contributed by atoms with Crippen LogP contribution in [0.25, 0.3) is 6.08 Å². The molecular weight excluding hydrogens is 455 g/mol. The van der Waals surface area contributed by atoms with E-state index in [2.05, 4.69) is 4.99 Å². The number of aromatic nitrogens is 1. The number of fused-ring (bicyclic) bond motifs is 1. The SMILES string of the molecule is CCOC(=O)C1=C(C)N=c2s/c(=C/c3ccccc3Cl)c(=O)n2[C@H]1c1ccc(Cl)cc1. The number of hydrogen-bond donors (Lipinski definition) is 0. The Bertz CT molecular complexity index is 1370.